The second-order valence-electron chi connectivity index (χ2n) is 6.24. The van der Waals surface area contributed by atoms with Gasteiger partial charge in [-0.3, -0.25) is 9.59 Å². The third-order valence-corrected chi connectivity index (χ3v) is 5.38. The molecule has 1 aliphatic rings. The Balaban J connectivity index is 1.48. The molecule has 0 saturated carbocycles. The van der Waals surface area contributed by atoms with Gasteiger partial charge in [-0.25, -0.2) is 4.39 Å². The molecular weight excluding hydrogens is 367 g/mol. The number of benzene rings is 2. The van der Waals surface area contributed by atoms with Gasteiger partial charge in [0.1, 0.15) is 11.6 Å². The maximum Gasteiger partial charge on any atom is 0.234 e. The summed E-state index contributed by atoms with van der Waals surface area (Å²) in [5, 5.41) is 5.35. The molecule has 2 N–H and O–H groups in total. The molecule has 1 heterocycles. The van der Waals surface area contributed by atoms with Crippen LogP contribution in [0.25, 0.3) is 0 Å². The van der Waals surface area contributed by atoms with Gasteiger partial charge >= 0.3 is 0 Å². The summed E-state index contributed by atoms with van der Waals surface area (Å²) in [7, 11) is 0. The molecule has 2 amide bonds. The van der Waals surface area contributed by atoms with E-state index in [9.17, 15) is 14.0 Å². The van der Waals surface area contributed by atoms with Crippen molar-refractivity contribution in [1.29, 1.82) is 0 Å². The van der Waals surface area contributed by atoms with Crippen LogP contribution >= 0.6 is 11.8 Å². The molecule has 1 aliphatic heterocycles. The van der Waals surface area contributed by atoms with Gasteiger partial charge in [0.2, 0.25) is 11.8 Å². The average molecular weight is 388 g/mol. The molecule has 0 aromatic heterocycles. The van der Waals surface area contributed by atoms with Gasteiger partial charge in [0, 0.05) is 17.7 Å². The van der Waals surface area contributed by atoms with Gasteiger partial charge in [-0.15, -0.1) is 11.8 Å². The van der Waals surface area contributed by atoms with Gasteiger partial charge in [0.05, 0.1) is 23.7 Å². The van der Waals surface area contributed by atoms with Gasteiger partial charge in [0.15, 0.2) is 0 Å². The lowest BCUT2D eigenvalue weighted by molar-refractivity contribution is -0.121. The van der Waals surface area contributed by atoms with Gasteiger partial charge in [-0.2, -0.15) is 0 Å². The molecule has 0 bridgehead atoms. The number of rotatable bonds is 6. The van der Waals surface area contributed by atoms with Crippen LogP contribution in [0.15, 0.2) is 48.5 Å². The first kappa shape index (κ1) is 19.2. The molecule has 0 radical (unpaired) electrons. The molecule has 142 valence electrons. The van der Waals surface area contributed by atoms with Gasteiger partial charge in [-0.05, 0) is 37.3 Å². The molecule has 27 heavy (non-hydrogen) atoms. The third kappa shape index (κ3) is 5.23. The first-order valence-corrected chi connectivity index (χ1v) is 9.77. The number of carbonyl (C=O) groups excluding carboxylic acids is 2. The van der Waals surface area contributed by atoms with Crippen molar-refractivity contribution in [3.63, 3.8) is 0 Å². The molecule has 5 nitrogen and oxygen atoms in total. The molecule has 3 rings (SSSR count). The smallest absolute Gasteiger partial charge is 0.234 e. The minimum absolute atomic E-state index is 0.0847. The highest BCUT2D eigenvalue weighted by molar-refractivity contribution is 8.01. The lowest BCUT2D eigenvalue weighted by Crippen LogP contribution is -2.37. The van der Waals surface area contributed by atoms with E-state index in [-0.39, 0.29) is 34.7 Å². The summed E-state index contributed by atoms with van der Waals surface area (Å²) in [6.07, 6.45) is 0.713. The summed E-state index contributed by atoms with van der Waals surface area (Å²) in [5.74, 6) is 0.227. The van der Waals surface area contributed by atoms with Crippen LogP contribution in [0.3, 0.4) is 0 Å². The zero-order valence-corrected chi connectivity index (χ0v) is 15.7. The molecule has 7 heteroatoms. The Hall–Kier alpha value is -2.54. The molecule has 0 aliphatic carbocycles. The molecule has 2 atom stereocenters. The highest BCUT2D eigenvalue weighted by atomic mass is 32.2. The number of fused-ring (bicyclic) bond motifs is 1. The van der Waals surface area contributed by atoms with Crippen molar-refractivity contribution < 1.29 is 18.7 Å². The van der Waals surface area contributed by atoms with Crippen LogP contribution in [0.4, 0.5) is 10.1 Å². The largest absolute Gasteiger partial charge is 0.493 e. The Morgan fingerprint density at radius 3 is 2.74 bits per heavy atom. The van der Waals surface area contributed by atoms with Crippen molar-refractivity contribution in [3.05, 3.63) is 59.9 Å². The van der Waals surface area contributed by atoms with Crippen molar-refractivity contribution in [2.45, 2.75) is 24.6 Å². The third-order valence-electron chi connectivity index (χ3n) is 4.24. The summed E-state index contributed by atoms with van der Waals surface area (Å²) in [5.41, 5.74) is 1.50. The number of nitrogens with one attached hydrogen (secondary N) is 2. The number of hydrogen-bond donors (Lipinski definition) is 2. The first-order valence-electron chi connectivity index (χ1n) is 8.72. The minimum Gasteiger partial charge on any atom is -0.493 e. The molecule has 0 saturated heterocycles. The van der Waals surface area contributed by atoms with Gasteiger partial charge in [0.25, 0.3) is 0 Å². The highest BCUT2D eigenvalue weighted by Crippen LogP contribution is 2.31. The SMILES string of the molecule is C[C@@H](SCC(=O)Nc1ccc(F)cc1)C(=O)N[C@@H]1CCOc2ccccc21. The Morgan fingerprint density at radius 1 is 1.22 bits per heavy atom. The standard InChI is InChI=1S/C20H21FN2O3S/c1-13(27-12-19(24)22-15-8-6-14(21)7-9-15)20(25)23-17-10-11-26-18-5-3-2-4-16(17)18/h2-9,13,17H,10-12H2,1H3,(H,22,24)(H,23,25)/t13-,17-/m1/s1. The quantitative estimate of drug-likeness (QED) is 0.795. The van der Waals surface area contributed by atoms with E-state index >= 15 is 0 Å². The number of anilines is 1. The number of thioether (sulfide) groups is 1. The topological polar surface area (TPSA) is 67.4 Å². The van der Waals surface area contributed by atoms with Crippen LogP contribution in [0.2, 0.25) is 0 Å². The Labute approximate surface area is 161 Å². The fraction of sp³-hybridized carbons (Fsp3) is 0.300. The van der Waals surface area contributed by atoms with Crippen LogP contribution in [0, 0.1) is 5.82 Å². The predicted octanol–water partition coefficient (Wildman–Crippen LogP) is 3.53. The van der Waals surface area contributed by atoms with Gasteiger partial charge < -0.3 is 15.4 Å². The number of para-hydroxylation sites is 1. The van der Waals surface area contributed by atoms with E-state index in [0.29, 0.717) is 18.7 Å². The van der Waals surface area contributed by atoms with Crippen LogP contribution in [-0.4, -0.2) is 29.4 Å². The number of ether oxygens (including phenoxy) is 1. The number of halogens is 1. The van der Waals surface area contributed by atoms with Gasteiger partial charge in [-0.1, -0.05) is 18.2 Å². The Bertz CT molecular complexity index is 813. The Morgan fingerprint density at radius 2 is 1.96 bits per heavy atom. The Kier molecular flexibility index (Phi) is 6.34. The molecule has 0 unspecified atom stereocenters. The second kappa shape index (κ2) is 8.90. The fourth-order valence-electron chi connectivity index (χ4n) is 2.79. The average Bonchev–Trinajstić information content (AvgIpc) is 2.68. The van der Waals surface area contributed by atoms with Crippen LogP contribution in [-0.2, 0) is 9.59 Å². The lowest BCUT2D eigenvalue weighted by atomic mass is 10.0. The van der Waals surface area contributed by atoms with Crippen LogP contribution in [0.1, 0.15) is 24.9 Å². The zero-order chi connectivity index (χ0) is 19.2. The maximum atomic E-state index is 12.9. The zero-order valence-electron chi connectivity index (χ0n) is 14.9. The fourth-order valence-corrected chi connectivity index (χ4v) is 3.48. The second-order valence-corrected chi connectivity index (χ2v) is 7.57. The summed E-state index contributed by atoms with van der Waals surface area (Å²) in [6.45, 7) is 2.33. The number of hydrogen-bond acceptors (Lipinski definition) is 4. The van der Waals surface area contributed by atoms with Crippen molar-refractivity contribution in [2.24, 2.45) is 0 Å². The van der Waals surface area contributed by atoms with Crippen molar-refractivity contribution >= 4 is 29.3 Å². The van der Waals surface area contributed by atoms with E-state index in [2.05, 4.69) is 10.6 Å². The van der Waals surface area contributed by atoms with Crippen molar-refractivity contribution in [1.82, 2.24) is 5.32 Å². The molecule has 2 aromatic rings. The monoisotopic (exact) mass is 388 g/mol. The first-order chi connectivity index (χ1) is 13.0. The molecular formula is C20H21FN2O3S. The molecule has 0 spiro atoms. The lowest BCUT2D eigenvalue weighted by Gasteiger charge is -2.27. The summed E-state index contributed by atoms with van der Waals surface area (Å²) in [6, 6.07) is 13.1. The molecule has 2 aromatic carbocycles. The minimum atomic E-state index is -0.376. The van der Waals surface area contributed by atoms with Crippen molar-refractivity contribution in [3.8, 4) is 5.75 Å². The van der Waals surface area contributed by atoms with Crippen LogP contribution < -0.4 is 15.4 Å². The predicted molar refractivity (Wildman–Crippen MR) is 104 cm³/mol. The maximum absolute atomic E-state index is 12.9. The number of carbonyl (C=O) groups is 2. The summed E-state index contributed by atoms with van der Waals surface area (Å²) >= 11 is 1.26. The van der Waals surface area contributed by atoms with E-state index in [0.717, 1.165) is 11.3 Å². The highest BCUT2D eigenvalue weighted by Gasteiger charge is 2.25. The normalized spacial score (nSPS) is 16.6. The van der Waals surface area contributed by atoms with E-state index < -0.39 is 0 Å². The van der Waals surface area contributed by atoms with E-state index in [1.54, 1.807) is 6.92 Å². The summed E-state index contributed by atoms with van der Waals surface area (Å²) < 4.78 is 18.5. The van der Waals surface area contributed by atoms with E-state index in [1.807, 2.05) is 24.3 Å². The van der Waals surface area contributed by atoms with E-state index in [4.69, 9.17) is 4.74 Å². The number of amides is 2. The van der Waals surface area contributed by atoms with E-state index in [1.165, 1.54) is 36.0 Å². The molecule has 0 fully saturated rings. The van der Waals surface area contributed by atoms with Crippen LogP contribution in [0.5, 0.6) is 5.75 Å². The summed E-state index contributed by atoms with van der Waals surface area (Å²) in [4.78, 5) is 24.5. The van der Waals surface area contributed by atoms with Crippen molar-refractivity contribution in [2.75, 3.05) is 17.7 Å².